The van der Waals surface area contributed by atoms with Crippen LogP contribution in [0.4, 0.5) is 0 Å². The first-order valence-electron chi connectivity index (χ1n) is 8.29. The van der Waals surface area contributed by atoms with Crippen molar-refractivity contribution in [2.24, 2.45) is 4.99 Å². The summed E-state index contributed by atoms with van der Waals surface area (Å²) < 4.78 is 27.7. The Balaban J connectivity index is 0.00000280. The van der Waals surface area contributed by atoms with Crippen LogP contribution in [0, 0.1) is 0 Å². The minimum atomic E-state index is -3.42. The average molecular weight is 515 g/mol. The predicted molar refractivity (Wildman–Crippen MR) is 118 cm³/mol. The van der Waals surface area contributed by atoms with Gasteiger partial charge in [0.15, 0.2) is 17.4 Å². The normalized spacial score (nSPS) is 11.9. The van der Waals surface area contributed by atoms with Crippen LogP contribution in [0.15, 0.2) is 58.5 Å². The van der Waals surface area contributed by atoms with Gasteiger partial charge in [0.2, 0.25) is 10.0 Å². The second-order valence-electron chi connectivity index (χ2n) is 5.68. The molecule has 0 fully saturated rings. The maximum absolute atomic E-state index is 11.7. The molecule has 3 aromatic rings. The monoisotopic (exact) mass is 515 g/mol. The van der Waals surface area contributed by atoms with Crippen LogP contribution in [0.3, 0.4) is 0 Å². The van der Waals surface area contributed by atoms with E-state index in [0.29, 0.717) is 19.0 Å². The molecule has 3 rings (SSSR count). The lowest BCUT2D eigenvalue weighted by Crippen LogP contribution is -2.36. The Hall–Kier alpha value is -2.25. The van der Waals surface area contributed by atoms with Crippen LogP contribution < -0.4 is 15.4 Å². The Labute approximate surface area is 180 Å². The third kappa shape index (κ3) is 5.17. The van der Waals surface area contributed by atoms with Crippen LogP contribution in [0.25, 0.3) is 5.65 Å². The Morgan fingerprint density at radius 2 is 1.79 bits per heavy atom. The van der Waals surface area contributed by atoms with Gasteiger partial charge < -0.3 is 10.6 Å². The number of sulfonamides is 1. The fourth-order valence-electron chi connectivity index (χ4n) is 2.48. The number of pyridine rings is 1. The molecule has 150 valence electrons. The van der Waals surface area contributed by atoms with Gasteiger partial charge in [-0.3, -0.25) is 9.39 Å². The van der Waals surface area contributed by atoms with E-state index in [4.69, 9.17) is 0 Å². The molecule has 2 aromatic heterocycles. The minimum absolute atomic E-state index is 0. The maximum atomic E-state index is 11.7. The van der Waals surface area contributed by atoms with Gasteiger partial charge in [-0.2, -0.15) is 0 Å². The van der Waals surface area contributed by atoms with Gasteiger partial charge in [0.25, 0.3) is 0 Å². The number of hydrogen-bond acceptors (Lipinski definition) is 5. The number of benzene rings is 1. The number of rotatable bonds is 6. The number of nitrogens with one attached hydrogen (secondary N) is 3. The van der Waals surface area contributed by atoms with E-state index in [2.05, 4.69) is 30.5 Å². The highest BCUT2D eigenvalue weighted by atomic mass is 127. The molecule has 1 aromatic carbocycles. The SMILES string of the molecule is CN=C(NCc1ccc(S(=O)(=O)NC)cc1)NCc1nnc2ccccn12.I. The van der Waals surface area contributed by atoms with E-state index in [-0.39, 0.29) is 28.9 Å². The van der Waals surface area contributed by atoms with E-state index in [0.717, 1.165) is 17.0 Å². The van der Waals surface area contributed by atoms with Crippen molar-refractivity contribution in [1.82, 2.24) is 30.0 Å². The van der Waals surface area contributed by atoms with Crippen LogP contribution >= 0.6 is 24.0 Å². The zero-order chi connectivity index (χ0) is 19.3. The molecule has 3 N–H and O–H groups in total. The lowest BCUT2D eigenvalue weighted by Gasteiger charge is -2.11. The molecule has 0 saturated heterocycles. The van der Waals surface area contributed by atoms with Gasteiger partial charge in [0, 0.05) is 19.8 Å². The minimum Gasteiger partial charge on any atom is -0.352 e. The van der Waals surface area contributed by atoms with Crippen LogP contribution in [0.2, 0.25) is 0 Å². The largest absolute Gasteiger partial charge is 0.352 e. The summed E-state index contributed by atoms with van der Waals surface area (Å²) >= 11 is 0. The summed E-state index contributed by atoms with van der Waals surface area (Å²) in [7, 11) is -0.356. The predicted octanol–water partition coefficient (Wildman–Crippen LogP) is 1.12. The Kier molecular flexibility index (Phi) is 7.71. The first-order valence-corrected chi connectivity index (χ1v) is 9.77. The van der Waals surface area contributed by atoms with Gasteiger partial charge in [-0.15, -0.1) is 34.2 Å². The summed E-state index contributed by atoms with van der Waals surface area (Å²) in [6, 6.07) is 12.4. The third-order valence-corrected chi connectivity index (χ3v) is 5.41. The lowest BCUT2D eigenvalue weighted by atomic mass is 10.2. The zero-order valence-electron chi connectivity index (χ0n) is 15.5. The van der Waals surface area contributed by atoms with E-state index in [1.807, 2.05) is 28.8 Å². The Morgan fingerprint density at radius 3 is 2.46 bits per heavy atom. The summed E-state index contributed by atoms with van der Waals surface area (Å²) in [4.78, 5) is 4.42. The standard InChI is InChI=1S/C17H21N7O2S.HI/c1-18-17(21-12-16-23-22-15-5-3-4-10-24(15)16)20-11-13-6-8-14(9-7-13)27(25,26)19-2;/h3-10,19H,11-12H2,1-2H3,(H2,18,20,21);1H. The molecular formula is C17H22IN7O2S. The number of guanidine groups is 1. The summed E-state index contributed by atoms with van der Waals surface area (Å²) in [5.74, 6) is 1.38. The van der Waals surface area contributed by atoms with E-state index in [9.17, 15) is 8.42 Å². The first kappa shape index (κ1) is 22.0. The molecule has 0 spiro atoms. The van der Waals surface area contributed by atoms with Crippen LogP contribution in [-0.4, -0.2) is 43.1 Å². The topological polar surface area (TPSA) is 113 Å². The smallest absolute Gasteiger partial charge is 0.240 e. The number of hydrogen-bond donors (Lipinski definition) is 3. The van der Waals surface area contributed by atoms with Crippen molar-refractivity contribution < 1.29 is 8.42 Å². The number of fused-ring (bicyclic) bond motifs is 1. The summed E-state index contributed by atoms with van der Waals surface area (Å²) in [5, 5.41) is 14.6. The van der Waals surface area contributed by atoms with Crippen LogP contribution in [0.1, 0.15) is 11.4 Å². The second kappa shape index (κ2) is 9.80. The maximum Gasteiger partial charge on any atom is 0.240 e. The summed E-state index contributed by atoms with van der Waals surface area (Å²) in [6.45, 7) is 0.963. The molecule has 11 heteroatoms. The van der Waals surface area contributed by atoms with Crippen molar-refractivity contribution in [2.75, 3.05) is 14.1 Å². The van der Waals surface area contributed by atoms with Crippen molar-refractivity contribution in [3.8, 4) is 0 Å². The van der Waals surface area contributed by atoms with E-state index >= 15 is 0 Å². The highest BCUT2D eigenvalue weighted by molar-refractivity contribution is 14.0. The zero-order valence-corrected chi connectivity index (χ0v) is 18.6. The van der Waals surface area contributed by atoms with Crippen molar-refractivity contribution in [3.63, 3.8) is 0 Å². The highest BCUT2D eigenvalue weighted by Gasteiger charge is 2.10. The molecule has 28 heavy (non-hydrogen) atoms. The van der Waals surface area contributed by atoms with E-state index < -0.39 is 10.0 Å². The van der Waals surface area contributed by atoms with Gasteiger partial charge in [-0.05, 0) is 36.9 Å². The Morgan fingerprint density at radius 1 is 1.07 bits per heavy atom. The highest BCUT2D eigenvalue weighted by Crippen LogP contribution is 2.10. The van der Waals surface area contributed by atoms with Crippen molar-refractivity contribution in [3.05, 3.63) is 60.0 Å². The molecule has 0 radical (unpaired) electrons. The summed E-state index contributed by atoms with van der Waals surface area (Å²) in [5.41, 5.74) is 1.72. The molecule has 2 heterocycles. The molecule has 0 saturated carbocycles. The van der Waals surface area contributed by atoms with Gasteiger partial charge in [0.1, 0.15) is 0 Å². The number of halogens is 1. The van der Waals surface area contributed by atoms with Crippen molar-refractivity contribution in [1.29, 1.82) is 0 Å². The molecule has 0 bridgehead atoms. The van der Waals surface area contributed by atoms with Crippen LogP contribution in [-0.2, 0) is 23.1 Å². The van der Waals surface area contributed by atoms with Gasteiger partial charge in [0.05, 0.1) is 11.4 Å². The quantitative estimate of drug-likeness (QED) is 0.258. The molecule has 0 aliphatic heterocycles. The first-order chi connectivity index (χ1) is 13.0. The third-order valence-electron chi connectivity index (χ3n) is 3.98. The fourth-order valence-corrected chi connectivity index (χ4v) is 3.22. The molecule has 0 unspecified atom stereocenters. The second-order valence-corrected chi connectivity index (χ2v) is 7.56. The van der Waals surface area contributed by atoms with Gasteiger partial charge >= 0.3 is 0 Å². The molecule has 0 amide bonds. The van der Waals surface area contributed by atoms with E-state index in [1.54, 1.807) is 31.3 Å². The molecule has 0 aliphatic rings. The molecular weight excluding hydrogens is 493 g/mol. The van der Waals surface area contributed by atoms with Gasteiger partial charge in [-0.25, -0.2) is 13.1 Å². The summed E-state index contributed by atoms with van der Waals surface area (Å²) in [6.07, 6.45) is 1.91. The van der Waals surface area contributed by atoms with Gasteiger partial charge in [-0.1, -0.05) is 18.2 Å². The number of aromatic nitrogens is 3. The number of aliphatic imine (C=N–C) groups is 1. The average Bonchev–Trinajstić information content (AvgIpc) is 3.12. The molecule has 0 aliphatic carbocycles. The van der Waals surface area contributed by atoms with Crippen molar-refractivity contribution in [2.45, 2.75) is 18.0 Å². The molecule has 0 atom stereocenters. The number of nitrogens with zero attached hydrogens (tertiary/aromatic N) is 4. The fraction of sp³-hybridized carbons (Fsp3) is 0.235. The Bertz CT molecular complexity index is 1050. The lowest BCUT2D eigenvalue weighted by molar-refractivity contribution is 0.588. The van der Waals surface area contributed by atoms with E-state index in [1.165, 1.54) is 7.05 Å². The van der Waals surface area contributed by atoms with Crippen LogP contribution in [0.5, 0.6) is 0 Å². The van der Waals surface area contributed by atoms with Crippen molar-refractivity contribution >= 4 is 45.6 Å². The molecule has 9 nitrogen and oxygen atoms in total.